The molecule has 0 saturated heterocycles. The van der Waals surface area contributed by atoms with E-state index in [1.54, 1.807) is 36.4 Å². The van der Waals surface area contributed by atoms with Crippen LogP contribution in [-0.4, -0.2) is 34.7 Å². The van der Waals surface area contributed by atoms with E-state index in [0.29, 0.717) is 66.8 Å². The van der Waals surface area contributed by atoms with Crippen LogP contribution in [0.5, 0.6) is 0 Å². The Morgan fingerprint density at radius 2 is 0.446 bits per heavy atom. The van der Waals surface area contributed by atoms with Crippen LogP contribution in [0, 0.1) is 5.41 Å². The monoisotopic (exact) mass is 960 g/mol. The van der Waals surface area contributed by atoms with Gasteiger partial charge in [0.1, 0.15) is 0 Å². The van der Waals surface area contributed by atoms with Crippen molar-refractivity contribution in [2.75, 3.05) is 0 Å². The average Bonchev–Trinajstić information content (AvgIpc) is 3.94. The van der Waals surface area contributed by atoms with E-state index in [2.05, 4.69) is 64.1 Å². The molecule has 0 radical (unpaired) electrons. The second kappa shape index (κ2) is 14.3. The van der Waals surface area contributed by atoms with Crippen molar-refractivity contribution >= 4 is 67.0 Å². The van der Waals surface area contributed by atoms with Gasteiger partial charge >= 0.3 is 0 Å². The molecule has 6 aliphatic carbocycles. The molecule has 15 rings (SSSR count). The number of ketones is 6. The second-order valence-corrected chi connectivity index (χ2v) is 22.1. The van der Waals surface area contributed by atoms with Gasteiger partial charge in [-0.15, -0.1) is 0 Å². The van der Waals surface area contributed by atoms with Crippen LogP contribution in [0.15, 0.2) is 146 Å². The van der Waals surface area contributed by atoms with Gasteiger partial charge in [-0.1, -0.05) is 120 Å². The zero-order valence-electron chi connectivity index (χ0n) is 41.5. The van der Waals surface area contributed by atoms with E-state index in [1.165, 1.54) is 33.4 Å². The zero-order chi connectivity index (χ0) is 50.5. The smallest absolute Gasteiger partial charge is 0.194 e. The first kappa shape index (κ1) is 43.4. The second-order valence-electron chi connectivity index (χ2n) is 22.1. The zero-order valence-corrected chi connectivity index (χ0v) is 41.5. The van der Waals surface area contributed by atoms with E-state index in [9.17, 15) is 28.8 Å². The third-order valence-corrected chi connectivity index (χ3v) is 19.3. The predicted octanol–water partition coefficient (Wildman–Crippen LogP) is 14.1. The van der Waals surface area contributed by atoms with Crippen LogP contribution in [0.1, 0.15) is 195 Å². The molecular weight excluding hydrogens is 913 g/mol. The minimum atomic E-state index is -0.623. The Balaban J connectivity index is 1.09. The van der Waals surface area contributed by atoms with Crippen molar-refractivity contribution in [3.05, 3.63) is 246 Å². The van der Waals surface area contributed by atoms with Gasteiger partial charge in [-0.05, 0) is 158 Å². The lowest BCUT2D eigenvalue weighted by Crippen LogP contribution is -2.54. The first-order valence-corrected chi connectivity index (χ1v) is 26.3. The number of fused-ring (bicyclic) bond motifs is 18. The SMILES string of the molecule is CCCC12c3cc4cc5c(cc4cc3C3(CCC)c4cc6cc7c(cc6cc4C(CCC)(c4cc6cc8c(cc6cc41)C(=O)c1ccccc1C8=O)C23C)C(=O)c1ccccc1C7=O)C(=O)c1ccccc1C5=O. The molecule has 0 heterocycles. The van der Waals surface area contributed by atoms with Crippen LogP contribution in [-0.2, 0) is 16.2 Å². The van der Waals surface area contributed by atoms with Crippen LogP contribution in [0.3, 0.4) is 0 Å². The quantitative estimate of drug-likeness (QED) is 0.164. The van der Waals surface area contributed by atoms with Crippen molar-refractivity contribution in [2.24, 2.45) is 5.41 Å². The highest BCUT2D eigenvalue weighted by Gasteiger charge is 2.82. The summed E-state index contributed by atoms with van der Waals surface area (Å²) < 4.78 is 0. The van der Waals surface area contributed by atoms with Crippen LogP contribution >= 0.6 is 0 Å². The fourth-order valence-corrected chi connectivity index (χ4v) is 16.6. The Kier molecular flexibility index (Phi) is 8.38. The Hall–Kier alpha value is -8.22. The van der Waals surface area contributed by atoms with Crippen LogP contribution in [0.2, 0.25) is 0 Å². The van der Waals surface area contributed by atoms with E-state index < -0.39 is 21.7 Å². The molecular formula is C68H48O6. The molecule has 6 nitrogen and oxygen atoms in total. The maximum absolute atomic E-state index is 14.4. The summed E-state index contributed by atoms with van der Waals surface area (Å²) in [7, 11) is 0. The highest BCUT2D eigenvalue weighted by Crippen LogP contribution is 2.85. The maximum Gasteiger partial charge on any atom is 0.194 e. The van der Waals surface area contributed by atoms with Gasteiger partial charge in [0.25, 0.3) is 0 Å². The molecule has 0 aromatic heterocycles. The molecule has 0 fully saturated rings. The molecule has 0 amide bonds. The summed E-state index contributed by atoms with van der Waals surface area (Å²) in [5, 5.41) is 5.39. The number of hydrogen-bond donors (Lipinski definition) is 0. The maximum atomic E-state index is 14.4. The van der Waals surface area contributed by atoms with Crippen LogP contribution in [0.25, 0.3) is 32.3 Å². The largest absolute Gasteiger partial charge is 0.289 e. The molecule has 0 unspecified atom stereocenters. The molecule has 0 atom stereocenters. The molecule has 356 valence electrons. The molecule has 0 spiro atoms. The number of carbonyl (C=O) groups excluding carboxylic acids is 6. The van der Waals surface area contributed by atoms with Gasteiger partial charge in [-0.3, -0.25) is 28.8 Å². The number of rotatable bonds is 6. The summed E-state index contributed by atoms with van der Waals surface area (Å²) in [4.78, 5) is 86.3. The first-order valence-electron chi connectivity index (χ1n) is 26.3. The molecule has 9 aromatic carbocycles. The third kappa shape index (κ3) is 4.68. The Morgan fingerprint density at radius 1 is 0.270 bits per heavy atom. The van der Waals surface area contributed by atoms with Gasteiger partial charge in [0.2, 0.25) is 0 Å². The summed E-state index contributed by atoms with van der Waals surface area (Å²) >= 11 is 0. The molecule has 0 bridgehead atoms. The summed E-state index contributed by atoms with van der Waals surface area (Å²) in [5.74, 6) is -0.931. The summed E-state index contributed by atoms with van der Waals surface area (Å²) in [6.07, 6.45) is 4.95. The summed E-state index contributed by atoms with van der Waals surface area (Å²) in [6, 6.07) is 47.1. The lowest BCUT2D eigenvalue weighted by atomic mass is 9.48. The van der Waals surface area contributed by atoms with E-state index in [4.69, 9.17) is 0 Å². The number of benzene rings is 9. The van der Waals surface area contributed by atoms with Gasteiger partial charge < -0.3 is 0 Å². The van der Waals surface area contributed by atoms with E-state index in [-0.39, 0.29) is 34.7 Å². The van der Waals surface area contributed by atoms with E-state index in [1.807, 2.05) is 72.8 Å². The van der Waals surface area contributed by atoms with Crippen LogP contribution < -0.4 is 0 Å². The van der Waals surface area contributed by atoms with Crippen molar-refractivity contribution < 1.29 is 28.8 Å². The predicted molar refractivity (Wildman–Crippen MR) is 287 cm³/mol. The highest BCUT2D eigenvalue weighted by molar-refractivity contribution is 6.31. The Morgan fingerprint density at radius 3 is 0.608 bits per heavy atom. The summed E-state index contributed by atoms with van der Waals surface area (Å²) in [6.45, 7) is 9.35. The van der Waals surface area contributed by atoms with Gasteiger partial charge in [0.05, 0.1) is 0 Å². The van der Waals surface area contributed by atoms with E-state index in [0.717, 1.165) is 70.8 Å². The first-order chi connectivity index (χ1) is 35.9. The lowest BCUT2D eigenvalue weighted by molar-refractivity contribution is 0.0541. The van der Waals surface area contributed by atoms with Gasteiger partial charge in [-0.2, -0.15) is 0 Å². The van der Waals surface area contributed by atoms with Crippen molar-refractivity contribution in [3.8, 4) is 0 Å². The average molecular weight is 961 g/mol. The topological polar surface area (TPSA) is 102 Å². The molecule has 74 heavy (non-hydrogen) atoms. The standard InChI is InChI=1S/C68H48O6/c1-5-20-66-53-29-35-23-47-49(61(71)43-16-10-8-14-41(43)59(47)69)25-37(35)31-55(53)67(21-6-2)57-33-39-27-51-52(64(74)46-19-13-12-18-45(46)63(51)73)28-40(39)34-58(57)68(22-7-3,65(66,67)4)56-32-38-26-50-48(24-36(38)30-54(56)66)60(70)42-15-9-11-17-44(42)62(50)72/h8-19,23-34H,5-7,20-22H2,1-4H3. The molecule has 0 saturated carbocycles. The fraction of sp³-hybridized carbons (Fsp3) is 0.206. The molecule has 0 aliphatic heterocycles. The number of carbonyl (C=O) groups is 6. The van der Waals surface area contributed by atoms with Crippen molar-refractivity contribution in [1.29, 1.82) is 0 Å². The third-order valence-electron chi connectivity index (χ3n) is 19.3. The molecule has 9 aromatic rings. The molecule has 0 N–H and O–H groups in total. The van der Waals surface area contributed by atoms with Crippen LogP contribution in [0.4, 0.5) is 0 Å². The Bertz CT molecular complexity index is 3600. The van der Waals surface area contributed by atoms with Gasteiger partial charge in [-0.25, -0.2) is 0 Å². The highest BCUT2D eigenvalue weighted by atomic mass is 16.2. The van der Waals surface area contributed by atoms with Gasteiger partial charge in [0.15, 0.2) is 34.7 Å². The normalized spacial score (nSPS) is 23.0. The minimum Gasteiger partial charge on any atom is -0.289 e. The number of hydrogen-bond acceptors (Lipinski definition) is 6. The van der Waals surface area contributed by atoms with Crippen molar-refractivity contribution in [3.63, 3.8) is 0 Å². The lowest BCUT2D eigenvalue weighted by Gasteiger charge is -2.53. The molecule has 6 aliphatic rings. The van der Waals surface area contributed by atoms with Crippen molar-refractivity contribution in [1.82, 2.24) is 0 Å². The Labute approximate surface area is 427 Å². The summed E-state index contributed by atoms with van der Waals surface area (Å²) in [5.41, 5.74) is 9.84. The molecule has 6 heteroatoms. The van der Waals surface area contributed by atoms with Crippen molar-refractivity contribution in [2.45, 2.75) is 82.5 Å². The van der Waals surface area contributed by atoms with E-state index >= 15 is 0 Å². The minimum absolute atomic E-state index is 0.155. The van der Waals surface area contributed by atoms with Gasteiger partial charge in [0, 0.05) is 88.4 Å². The fourth-order valence-electron chi connectivity index (χ4n) is 16.6.